The molecule has 0 radical (unpaired) electrons. The third-order valence-electron chi connectivity index (χ3n) is 5.19. The molecule has 0 saturated carbocycles. The summed E-state index contributed by atoms with van der Waals surface area (Å²) in [6, 6.07) is 0.832. The molecule has 1 N–H and O–H groups in total. The molecule has 0 aromatic heterocycles. The maximum Gasteiger partial charge on any atom is 0.0303 e. The van der Waals surface area contributed by atoms with E-state index in [0.717, 1.165) is 6.04 Å². The number of likely N-dealkylation sites (tertiary alicyclic amines) is 1. The van der Waals surface area contributed by atoms with Crippen LogP contribution < -0.4 is 5.32 Å². The SMILES string of the molecule is CCC1(CC)CN(C2CCN(C)CC2)CCCN1. The van der Waals surface area contributed by atoms with Gasteiger partial charge in [0.1, 0.15) is 0 Å². The van der Waals surface area contributed by atoms with Gasteiger partial charge in [-0.15, -0.1) is 0 Å². The minimum Gasteiger partial charge on any atom is -0.310 e. The highest BCUT2D eigenvalue weighted by Crippen LogP contribution is 2.24. The van der Waals surface area contributed by atoms with E-state index in [4.69, 9.17) is 0 Å². The average molecular weight is 253 g/mol. The lowest BCUT2D eigenvalue weighted by Crippen LogP contribution is -2.54. The summed E-state index contributed by atoms with van der Waals surface area (Å²) in [5, 5.41) is 3.82. The van der Waals surface area contributed by atoms with Crippen LogP contribution in [0.1, 0.15) is 46.0 Å². The highest BCUT2D eigenvalue weighted by Gasteiger charge is 2.33. The van der Waals surface area contributed by atoms with Crippen LogP contribution in [0.4, 0.5) is 0 Å². The van der Waals surface area contributed by atoms with Crippen LogP contribution >= 0.6 is 0 Å². The maximum absolute atomic E-state index is 3.82. The maximum atomic E-state index is 3.82. The van der Waals surface area contributed by atoms with Crippen molar-refractivity contribution in [2.45, 2.75) is 57.5 Å². The summed E-state index contributed by atoms with van der Waals surface area (Å²) in [7, 11) is 2.25. The van der Waals surface area contributed by atoms with E-state index in [0.29, 0.717) is 5.54 Å². The first kappa shape index (κ1) is 14.3. The topological polar surface area (TPSA) is 18.5 Å². The van der Waals surface area contributed by atoms with Crippen LogP contribution in [-0.2, 0) is 0 Å². The van der Waals surface area contributed by atoms with Gasteiger partial charge in [0.05, 0.1) is 0 Å². The Morgan fingerprint density at radius 1 is 1.11 bits per heavy atom. The number of rotatable bonds is 3. The van der Waals surface area contributed by atoms with Gasteiger partial charge in [0.25, 0.3) is 0 Å². The summed E-state index contributed by atoms with van der Waals surface area (Å²) >= 11 is 0. The lowest BCUT2D eigenvalue weighted by molar-refractivity contribution is 0.0974. The highest BCUT2D eigenvalue weighted by atomic mass is 15.2. The Labute approximate surface area is 113 Å². The number of hydrogen-bond donors (Lipinski definition) is 1. The van der Waals surface area contributed by atoms with E-state index in [2.05, 4.69) is 36.0 Å². The summed E-state index contributed by atoms with van der Waals surface area (Å²) in [5.74, 6) is 0. The van der Waals surface area contributed by atoms with Gasteiger partial charge in [0.2, 0.25) is 0 Å². The van der Waals surface area contributed by atoms with Crippen molar-refractivity contribution in [3.63, 3.8) is 0 Å². The van der Waals surface area contributed by atoms with Crippen LogP contribution in [0.25, 0.3) is 0 Å². The molecule has 0 bridgehead atoms. The number of piperidine rings is 1. The zero-order valence-electron chi connectivity index (χ0n) is 12.5. The van der Waals surface area contributed by atoms with Crippen molar-refractivity contribution in [2.24, 2.45) is 0 Å². The third kappa shape index (κ3) is 3.25. The van der Waals surface area contributed by atoms with Crippen LogP contribution in [-0.4, -0.2) is 61.2 Å². The van der Waals surface area contributed by atoms with Crippen LogP contribution in [0.2, 0.25) is 0 Å². The third-order valence-corrected chi connectivity index (χ3v) is 5.19. The van der Waals surface area contributed by atoms with Crippen LogP contribution in [0, 0.1) is 0 Å². The zero-order chi connectivity index (χ0) is 13.0. The molecule has 0 aromatic rings. The molecule has 2 heterocycles. The lowest BCUT2D eigenvalue weighted by Gasteiger charge is -2.41. The lowest BCUT2D eigenvalue weighted by atomic mass is 9.91. The summed E-state index contributed by atoms with van der Waals surface area (Å²) in [6.45, 7) is 11.0. The monoisotopic (exact) mass is 253 g/mol. The molecule has 106 valence electrons. The molecule has 0 spiro atoms. The van der Waals surface area contributed by atoms with Crippen molar-refractivity contribution in [1.82, 2.24) is 15.1 Å². The second-order valence-electron chi connectivity index (χ2n) is 6.27. The largest absolute Gasteiger partial charge is 0.310 e. The van der Waals surface area contributed by atoms with Crippen molar-refractivity contribution in [2.75, 3.05) is 39.8 Å². The fourth-order valence-electron chi connectivity index (χ4n) is 3.55. The van der Waals surface area contributed by atoms with E-state index in [1.807, 2.05) is 0 Å². The Bertz CT molecular complexity index is 242. The minimum atomic E-state index is 0.375. The van der Waals surface area contributed by atoms with E-state index >= 15 is 0 Å². The van der Waals surface area contributed by atoms with Gasteiger partial charge < -0.3 is 10.2 Å². The van der Waals surface area contributed by atoms with Gasteiger partial charge in [-0.05, 0) is 65.3 Å². The van der Waals surface area contributed by atoms with Gasteiger partial charge in [-0.25, -0.2) is 0 Å². The fourth-order valence-corrected chi connectivity index (χ4v) is 3.55. The fraction of sp³-hybridized carbons (Fsp3) is 1.00. The van der Waals surface area contributed by atoms with Crippen molar-refractivity contribution < 1.29 is 0 Å². The number of hydrogen-bond acceptors (Lipinski definition) is 3. The molecule has 0 aliphatic carbocycles. The van der Waals surface area contributed by atoms with Gasteiger partial charge >= 0.3 is 0 Å². The smallest absolute Gasteiger partial charge is 0.0303 e. The van der Waals surface area contributed by atoms with Crippen molar-refractivity contribution in [1.29, 1.82) is 0 Å². The Kier molecular flexibility index (Phi) is 5.05. The van der Waals surface area contributed by atoms with E-state index < -0.39 is 0 Å². The summed E-state index contributed by atoms with van der Waals surface area (Å²) in [6.07, 6.45) is 6.55. The minimum absolute atomic E-state index is 0.375. The van der Waals surface area contributed by atoms with Crippen molar-refractivity contribution in [3.05, 3.63) is 0 Å². The second kappa shape index (κ2) is 6.36. The Balaban J connectivity index is 1.98. The molecule has 2 rings (SSSR count). The van der Waals surface area contributed by atoms with Gasteiger partial charge in [-0.2, -0.15) is 0 Å². The van der Waals surface area contributed by atoms with Gasteiger partial charge in [0.15, 0.2) is 0 Å². The van der Waals surface area contributed by atoms with E-state index in [-0.39, 0.29) is 0 Å². The second-order valence-corrected chi connectivity index (χ2v) is 6.27. The molecule has 0 aromatic carbocycles. The van der Waals surface area contributed by atoms with Gasteiger partial charge in [0, 0.05) is 18.1 Å². The summed E-state index contributed by atoms with van der Waals surface area (Å²) in [5.41, 5.74) is 0.375. The molecular formula is C15H31N3. The Hall–Kier alpha value is -0.120. The van der Waals surface area contributed by atoms with Crippen molar-refractivity contribution in [3.8, 4) is 0 Å². The number of nitrogens with one attached hydrogen (secondary N) is 1. The molecule has 2 aliphatic rings. The first-order valence-electron chi connectivity index (χ1n) is 7.87. The molecule has 0 amide bonds. The van der Waals surface area contributed by atoms with Gasteiger partial charge in [-0.1, -0.05) is 13.8 Å². The summed E-state index contributed by atoms with van der Waals surface area (Å²) in [4.78, 5) is 5.26. The molecule has 0 atom stereocenters. The van der Waals surface area contributed by atoms with Crippen LogP contribution in [0.15, 0.2) is 0 Å². The normalized spacial score (nSPS) is 28.2. The quantitative estimate of drug-likeness (QED) is 0.829. The molecular weight excluding hydrogens is 222 g/mol. The standard InChI is InChI=1S/C15H31N3/c1-4-15(5-2)13-18(10-6-9-16-15)14-7-11-17(3)12-8-14/h14,16H,4-13H2,1-3H3. The van der Waals surface area contributed by atoms with E-state index in [9.17, 15) is 0 Å². The predicted octanol–water partition coefficient (Wildman–Crippen LogP) is 1.93. The Morgan fingerprint density at radius 2 is 1.78 bits per heavy atom. The average Bonchev–Trinajstić information content (AvgIpc) is 2.63. The molecule has 2 fully saturated rings. The predicted molar refractivity (Wildman–Crippen MR) is 78.0 cm³/mol. The molecule has 2 saturated heterocycles. The first-order valence-corrected chi connectivity index (χ1v) is 7.87. The van der Waals surface area contributed by atoms with Crippen molar-refractivity contribution >= 4 is 0 Å². The molecule has 18 heavy (non-hydrogen) atoms. The number of nitrogens with zero attached hydrogens (tertiary/aromatic N) is 2. The van der Waals surface area contributed by atoms with Crippen LogP contribution in [0.3, 0.4) is 0 Å². The highest BCUT2D eigenvalue weighted by molar-refractivity contribution is 4.93. The van der Waals surface area contributed by atoms with Crippen LogP contribution in [0.5, 0.6) is 0 Å². The molecule has 3 heteroatoms. The van der Waals surface area contributed by atoms with Gasteiger partial charge in [-0.3, -0.25) is 4.90 Å². The Morgan fingerprint density at radius 3 is 2.39 bits per heavy atom. The molecule has 2 aliphatic heterocycles. The summed E-state index contributed by atoms with van der Waals surface area (Å²) < 4.78 is 0. The van der Waals surface area contributed by atoms with E-state index in [1.54, 1.807) is 0 Å². The zero-order valence-corrected chi connectivity index (χ0v) is 12.5. The first-order chi connectivity index (χ1) is 8.69. The molecule has 0 unspecified atom stereocenters. The van der Waals surface area contributed by atoms with E-state index in [1.165, 1.54) is 64.8 Å². The molecule has 3 nitrogen and oxygen atoms in total.